The molecule has 14 nitrogen and oxygen atoms in total. The number of carbonyl (C=O) groups excluding carboxylic acids is 1. The van der Waals surface area contributed by atoms with Gasteiger partial charge in [-0.25, -0.2) is 0 Å². The third-order valence-corrected chi connectivity index (χ3v) is 15.9. The van der Waals surface area contributed by atoms with Crippen LogP contribution in [0.3, 0.4) is 0 Å². The van der Waals surface area contributed by atoms with Crippen LogP contribution in [0.4, 0.5) is 0 Å². The van der Waals surface area contributed by atoms with Gasteiger partial charge in [-0.3, -0.25) is 4.79 Å². The van der Waals surface area contributed by atoms with Crippen LogP contribution in [0, 0.1) is 0 Å². The average Bonchev–Trinajstić information content (AvgIpc) is 3.47. The van der Waals surface area contributed by atoms with Crippen LogP contribution in [0.1, 0.15) is 264 Å². The molecule has 2 fully saturated rings. The van der Waals surface area contributed by atoms with E-state index in [9.17, 15) is 45.6 Å². The maximum absolute atomic E-state index is 13.3. The summed E-state index contributed by atoms with van der Waals surface area (Å²) in [7, 11) is 0. The predicted octanol–water partition coefficient (Wildman–Crippen LogP) is 12.5. The molecule has 0 aromatic rings. The Morgan fingerprint density at radius 2 is 0.827 bits per heavy atom. The third-order valence-electron chi connectivity index (χ3n) is 15.9. The molecule has 2 aliphatic rings. The van der Waals surface area contributed by atoms with E-state index in [0.29, 0.717) is 12.8 Å². The molecule has 0 spiro atoms. The third kappa shape index (κ3) is 37.0. The number of allylic oxidation sites excluding steroid dienone is 9. The highest BCUT2D eigenvalue weighted by atomic mass is 16.7. The number of ether oxygens (including phenoxy) is 4. The van der Waals surface area contributed by atoms with Crippen LogP contribution in [0.25, 0.3) is 0 Å². The van der Waals surface area contributed by atoms with E-state index in [1.165, 1.54) is 167 Å². The standard InChI is InChI=1S/C67H121NO13/c1-3-5-7-9-11-13-15-17-19-21-23-25-26-27-28-29-31-32-34-36-38-40-42-44-46-48-50-56(71)55(54-78-66-64(77)62(75)65(58(53-70)80-66)81-67-63(76)61(74)60(73)57(52-69)79-67)68-59(72)51-49-47-45-43-41-39-37-35-33-30-24-22-20-18-16-14-12-10-8-6-4-2/h16,18,22,24,33,35,40,42,48,50,55-58,60-67,69-71,73-77H,3-15,17,19-21,23,25-32,34,36-39,41,43-47,49,51-54H2,1-2H3,(H,68,72)/b18-16-,24-22-,35-33-,42-40+,50-48+. The SMILES string of the molecule is CCCCCCC/C=C\C/C=C\C/C=C\CCCCCCCCC(=O)NC(COC1OC(CO)C(OC2OC(CO)C(O)C(O)C2O)C(O)C1O)C(O)/C=C/CC/C=C/CCCCCCCCCCCCCCCCCCCCCC. The van der Waals surface area contributed by atoms with Gasteiger partial charge in [-0.05, 0) is 70.6 Å². The minimum atomic E-state index is -1.79. The fraction of sp³-hybridized carbons (Fsp3) is 0.836. The Labute approximate surface area is 492 Å². The van der Waals surface area contributed by atoms with Crippen molar-refractivity contribution in [2.75, 3.05) is 19.8 Å². The van der Waals surface area contributed by atoms with Gasteiger partial charge in [0, 0.05) is 6.42 Å². The molecule has 0 aliphatic carbocycles. The Morgan fingerprint density at radius 3 is 1.30 bits per heavy atom. The minimum Gasteiger partial charge on any atom is -0.394 e. The molecule has 12 atom stereocenters. The quantitative estimate of drug-likeness (QED) is 0.0204. The highest BCUT2D eigenvalue weighted by molar-refractivity contribution is 5.76. The van der Waals surface area contributed by atoms with Crippen LogP contribution in [0.5, 0.6) is 0 Å². The number of nitrogens with one attached hydrogen (secondary N) is 1. The Bertz CT molecular complexity index is 1590. The first-order valence-corrected chi connectivity index (χ1v) is 33.0. The number of aliphatic hydroxyl groups is 8. The second kappa shape index (κ2) is 52.1. The van der Waals surface area contributed by atoms with E-state index in [2.05, 4.69) is 67.8 Å². The summed E-state index contributed by atoms with van der Waals surface area (Å²) >= 11 is 0. The van der Waals surface area contributed by atoms with Gasteiger partial charge in [0.15, 0.2) is 12.6 Å². The smallest absolute Gasteiger partial charge is 0.220 e. The highest BCUT2D eigenvalue weighted by Crippen LogP contribution is 2.30. The molecule has 9 N–H and O–H groups in total. The van der Waals surface area contributed by atoms with Gasteiger partial charge in [-0.1, -0.05) is 248 Å². The van der Waals surface area contributed by atoms with Crippen molar-refractivity contribution in [2.45, 2.75) is 338 Å². The summed E-state index contributed by atoms with van der Waals surface area (Å²) in [6, 6.07) is -0.942. The van der Waals surface area contributed by atoms with Crippen molar-refractivity contribution in [3.63, 3.8) is 0 Å². The molecule has 14 heteroatoms. The molecule has 0 bridgehead atoms. The van der Waals surface area contributed by atoms with Crippen molar-refractivity contribution in [2.24, 2.45) is 0 Å². The maximum Gasteiger partial charge on any atom is 0.220 e. The average molecular weight is 1150 g/mol. The summed E-state index contributed by atoms with van der Waals surface area (Å²) < 4.78 is 22.8. The summed E-state index contributed by atoms with van der Waals surface area (Å²) in [6.45, 7) is 2.78. The maximum atomic E-state index is 13.3. The molecule has 2 aliphatic heterocycles. The summed E-state index contributed by atoms with van der Waals surface area (Å²) in [5, 5.41) is 87.3. The molecule has 472 valence electrons. The summed E-state index contributed by atoms with van der Waals surface area (Å²) in [6.07, 6.45) is 51.2. The van der Waals surface area contributed by atoms with E-state index in [1.54, 1.807) is 6.08 Å². The van der Waals surface area contributed by atoms with Crippen molar-refractivity contribution >= 4 is 5.91 Å². The lowest BCUT2D eigenvalue weighted by Gasteiger charge is -2.46. The van der Waals surface area contributed by atoms with Gasteiger partial charge < -0.3 is 65.1 Å². The van der Waals surface area contributed by atoms with Gasteiger partial charge in [0.1, 0.15) is 48.8 Å². The van der Waals surface area contributed by atoms with Gasteiger partial charge >= 0.3 is 0 Å². The first kappa shape index (κ1) is 74.8. The van der Waals surface area contributed by atoms with Gasteiger partial charge in [0.2, 0.25) is 5.91 Å². The molecule has 2 saturated heterocycles. The van der Waals surface area contributed by atoms with Gasteiger partial charge in [-0.2, -0.15) is 0 Å². The first-order chi connectivity index (χ1) is 39.6. The monoisotopic (exact) mass is 1150 g/mol. The Kier molecular flexibility index (Phi) is 48.1. The van der Waals surface area contributed by atoms with Crippen LogP contribution in [-0.4, -0.2) is 140 Å². The van der Waals surface area contributed by atoms with Gasteiger partial charge in [0.25, 0.3) is 0 Å². The Hall–Kier alpha value is -2.31. The minimum absolute atomic E-state index is 0.257. The first-order valence-electron chi connectivity index (χ1n) is 33.0. The Morgan fingerprint density at radius 1 is 0.444 bits per heavy atom. The molecule has 12 unspecified atom stereocenters. The number of aliphatic hydroxyl groups excluding tert-OH is 8. The van der Waals surface area contributed by atoms with Crippen LogP contribution < -0.4 is 5.32 Å². The molecule has 0 saturated carbocycles. The van der Waals surface area contributed by atoms with E-state index in [4.69, 9.17) is 18.9 Å². The fourth-order valence-electron chi connectivity index (χ4n) is 10.6. The summed E-state index contributed by atoms with van der Waals surface area (Å²) in [4.78, 5) is 13.3. The summed E-state index contributed by atoms with van der Waals surface area (Å²) in [5.74, 6) is -0.261. The second-order valence-corrected chi connectivity index (χ2v) is 23.2. The van der Waals surface area contributed by atoms with Crippen LogP contribution in [-0.2, 0) is 23.7 Å². The largest absolute Gasteiger partial charge is 0.394 e. The lowest BCUT2D eigenvalue weighted by atomic mass is 9.97. The van der Waals surface area contributed by atoms with Crippen LogP contribution in [0.2, 0.25) is 0 Å². The summed E-state index contributed by atoms with van der Waals surface area (Å²) in [5.41, 5.74) is 0. The van der Waals surface area contributed by atoms with E-state index < -0.39 is 86.8 Å². The zero-order valence-corrected chi connectivity index (χ0v) is 51.0. The molecule has 2 rings (SSSR count). The highest BCUT2D eigenvalue weighted by Gasteiger charge is 2.51. The zero-order valence-electron chi connectivity index (χ0n) is 51.0. The number of amides is 1. The molecule has 2 heterocycles. The number of hydrogen-bond acceptors (Lipinski definition) is 13. The molecule has 0 aromatic carbocycles. The molecule has 1 amide bonds. The zero-order chi connectivity index (χ0) is 58.8. The molecule has 81 heavy (non-hydrogen) atoms. The number of hydrogen-bond donors (Lipinski definition) is 9. The molecule has 0 aromatic heterocycles. The number of carbonyl (C=O) groups is 1. The van der Waals surface area contributed by atoms with Crippen molar-refractivity contribution in [3.8, 4) is 0 Å². The van der Waals surface area contributed by atoms with Crippen molar-refractivity contribution < 1.29 is 64.6 Å². The molecular formula is C67H121NO13. The van der Waals surface area contributed by atoms with E-state index in [0.717, 1.165) is 64.2 Å². The van der Waals surface area contributed by atoms with Crippen LogP contribution >= 0.6 is 0 Å². The van der Waals surface area contributed by atoms with Crippen molar-refractivity contribution in [3.05, 3.63) is 60.8 Å². The fourth-order valence-corrected chi connectivity index (χ4v) is 10.6. The lowest BCUT2D eigenvalue weighted by Crippen LogP contribution is -2.65. The van der Waals surface area contributed by atoms with E-state index in [-0.39, 0.29) is 18.9 Å². The number of unbranched alkanes of at least 4 members (excludes halogenated alkanes) is 32. The molecule has 0 radical (unpaired) electrons. The normalized spacial score (nSPS) is 24.5. The lowest BCUT2D eigenvalue weighted by molar-refractivity contribution is -0.359. The second-order valence-electron chi connectivity index (χ2n) is 23.2. The van der Waals surface area contributed by atoms with Crippen molar-refractivity contribution in [1.82, 2.24) is 5.32 Å². The topological polar surface area (TPSA) is 228 Å². The van der Waals surface area contributed by atoms with E-state index in [1.807, 2.05) is 6.08 Å². The predicted molar refractivity (Wildman–Crippen MR) is 327 cm³/mol. The molecular weight excluding hydrogens is 1030 g/mol. The number of rotatable bonds is 53. The van der Waals surface area contributed by atoms with Gasteiger partial charge in [-0.15, -0.1) is 0 Å². The van der Waals surface area contributed by atoms with E-state index >= 15 is 0 Å². The Balaban J connectivity index is 1.75. The van der Waals surface area contributed by atoms with Gasteiger partial charge in [0.05, 0.1) is 32.0 Å². The van der Waals surface area contributed by atoms with Crippen LogP contribution in [0.15, 0.2) is 60.8 Å². The van der Waals surface area contributed by atoms with Crippen molar-refractivity contribution in [1.29, 1.82) is 0 Å².